The van der Waals surface area contributed by atoms with Gasteiger partial charge in [0.15, 0.2) is 5.13 Å². The van der Waals surface area contributed by atoms with Crippen LogP contribution < -0.4 is 11.1 Å². The fraction of sp³-hybridized carbons (Fsp3) is 0.625. The minimum atomic E-state index is 0. The fourth-order valence-corrected chi connectivity index (χ4v) is 2.56. The van der Waals surface area contributed by atoms with Crippen LogP contribution in [0.1, 0.15) is 17.0 Å². The van der Waals surface area contributed by atoms with E-state index in [1.807, 2.05) is 7.05 Å². The third-order valence-corrected chi connectivity index (χ3v) is 3.33. The Kier molecular flexibility index (Phi) is 3.70. The standard InChI is InChI=1S/C8H13N3S.BrH/c1-10-8-11-6-3-2-5(9)4-7(6)12-8;/h5H,2-4,9H2,1H3,(H,10,11);1H. The number of nitrogens with zero attached hydrogens (tertiary/aromatic N) is 1. The second kappa shape index (κ2) is 4.39. The van der Waals surface area contributed by atoms with Gasteiger partial charge < -0.3 is 11.1 Å². The topological polar surface area (TPSA) is 50.9 Å². The summed E-state index contributed by atoms with van der Waals surface area (Å²) in [6, 6.07) is 0.350. The van der Waals surface area contributed by atoms with Gasteiger partial charge in [-0.1, -0.05) is 0 Å². The van der Waals surface area contributed by atoms with Gasteiger partial charge in [0, 0.05) is 18.0 Å². The minimum absolute atomic E-state index is 0. The number of halogens is 1. The smallest absolute Gasteiger partial charge is 0.182 e. The Labute approximate surface area is 92.5 Å². The Morgan fingerprint density at radius 1 is 1.62 bits per heavy atom. The van der Waals surface area contributed by atoms with E-state index in [1.54, 1.807) is 11.3 Å². The Morgan fingerprint density at radius 2 is 2.38 bits per heavy atom. The highest BCUT2D eigenvalue weighted by Gasteiger charge is 2.19. The van der Waals surface area contributed by atoms with Crippen LogP contribution in [0.15, 0.2) is 0 Å². The second-order valence-electron chi connectivity index (χ2n) is 3.14. The number of hydrogen-bond donors (Lipinski definition) is 2. The summed E-state index contributed by atoms with van der Waals surface area (Å²) in [6.45, 7) is 0. The van der Waals surface area contributed by atoms with Crippen molar-refractivity contribution in [1.82, 2.24) is 4.98 Å². The van der Waals surface area contributed by atoms with Crippen molar-refractivity contribution in [1.29, 1.82) is 0 Å². The molecule has 1 aromatic heterocycles. The summed E-state index contributed by atoms with van der Waals surface area (Å²) < 4.78 is 0. The molecule has 5 heteroatoms. The van der Waals surface area contributed by atoms with Gasteiger partial charge in [-0.25, -0.2) is 4.98 Å². The largest absolute Gasteiger partial charge is 0.365 e. The van der Waals surface area contributed by atoms with E-state index in [1.165, 1.54) is 10.6 Å². The molecule has 1 unspecified atom stereocenters. The molecule has 1 aliphatic rings. The van der Waals surface area contributed by atoms with Crippen LogP contribution in [0.25, 0.3) is 0 Å². The fourth-order valence-electron chi connectivity index (χ4n) is 1.51. The lowest BCUT2D eigenvalue weighted by Crippen LogP contribution is -2.26. The van der Waals surface area contributed by atoms with E-state index in [0.717, 1.165) is 24.4 Å². The van der Waals surface area contributed by atoms with Crippen molar-refractivity contribution in [2.75, 3.05) is 12.4 Å². The molecule has 1 heterocycles. The molecule has 0 fully saturated rings. The molecule has 13 heavy (non-hydrogen) atoms. The van der Waals surface area contributed by atoms with Crippen molar-refractivity contribution >= 4 is 33.4 Å². The van der Waals surface area contributed by atoms with Gasteiger partial charge >= 0.3 is 0 Å². The molecule has 2 rings (SSSR count). The Morgan fingerprint density at radius 3 is 3.08 bits per heavy atom. The first kappa shape index (κ1) is 10.9. The highest BCUT2D eigenvalue weighted by Crippen LogP contribution is 2.28. The number of thiazole rings is 1. The average Bonchev–Trinajstić information content (AvgIpc) is 2.46. The molecular weight excluding hydrogens is 250 g/mol. The molecule has 0 aliphatic heterocycles. The molecule has 0 aromatic carbocycles. The van der Waals surface area contributed by atoms with E-state index in [4.69, 9.17) is 5.73 Å². The predicted octanol–water partition coefficient (Wildman–Crippen LogP) is 1.58. The van der Waals surface area contributed by atoms with Gasteiger partial charge in [-0.3, -0.25) is 0 Å². The number of nitrogens with one attached hydrogen (secondary N) is 1. The summed E-state index contributed by atoms with van der Waals surface area (Å²) in [5.74, 6) is 0. The summed E-state index contributed by atoms with van der Waals surface area (Å²) in [5.41, 5.74) is 7.11. The number of hydrogen-bond acceptors (Lipinski definition) is 4. The first-order valence-electron chi connectivity index (χ1n) is 4.21. The van der Waals surface area contributed by atoms with Crippen LogP contribution in [0.3, 0.4) is 0 Å². The Balaban J connectivity index is 0.000000845. The molecule has 0 saturated heterocycles. The van der Waals surface area contributed by atoms with Crippen LogP contribution in [0.5, 0.6) is 0 Å². The third-order valence-electron chi connectivity index (χ3n) is 2.19. The van der Waals surface area contributed by atoms with Crippen molar-refractivity contribution in [2.24, 2.45) is 5.73 Å². The number of anilines is 1. The van der Waals surface area contributed by atoms with Crippen molar-refractivity contribution in [3.63, 3.8) is 0 Å². The maximum Gasteiger partial charge on any atom is 0.182 e. The van der Waals surface area contributed by atoms with Crippen LogP contribution in [-0.4, -0.2) is 18.1 Å². The number of fused-ring (bicyclic) bond motifs is 1. The van der Waals surface area contributed by atoms with Crippen LogP contribution in [0.2, 0.25) is 0 Å². The normalized spacial score (nSPS) is 20.3. The molecule has 3 nitrogen and oxygen atoms in total. The van der Waals surface area contributed by atoms with Gasteiger partial charge in [-0.15, -0.1) is 28.3 Å². The molecule has 0 saturated carbocycles. The van der Waals surface area contributed by atoms with Gasteiger partial charge in [0.25, 0.3) is 0 Å². The molecule has 0 amide bonds. The number of aryl methyl sites for hydroxylation is 1. The van der Waals surface area contributed by atoms with Crippen molar-refractivity contribution < 1.29 is 0 Å². The summed E-state index contributed by atoms with van der Waals surface area (Å²) in [5, 5.41) is 4.09. The minimum Gasteiger partial charge on any atom is -0.365 e. The zero-order chi connectivity index (χ0) is 8.55. The van der Waals surface area contributed by atoms with Gasteiger partial charge in [0.2, 0.25) is 0 Å². The maximum atomic E-state index is 5.86. The van der Waals surface area contributed by atoms with Crippen LogP contribution in [0.4, 0.5) is 5.13 Å². The third kappa shape index (κ3) is 2.21. The predicted molar refractivity (Wildman–Crippen MR) is 62.0 cm³/mol. The quantitative estimate of drug-likeness (QED) is 0.809. The summed E-state index contributed by atoms with van der Waals surface area (Å²) >= 11 is 1.74. The first-order chi connectivity index (χ1) is 5.79. The SMILES string of the molecule is Br.CNc1nc2c(s1)CC(N)CC2. The van der Waals surface area contributed by atoms with E-state index >= 15 is 0 Å². The maximum absolute atomic E-state index is 5.86. The summed E-state index contributed by atoms with van der Waals surface area (Å²) in [7, 11) is 1.91. The molecule has 0 radical (unpaired) electrons. The number of aromatic nitrogens is 1. The van der Waals surface area contributed by atoms with Gasteiger partial charge in [0.1, 0.15) is 0 Å². The lowest BCUT2D eigenvalue weighted by Gasteiger charge is -2.15. The van der Waals surface area contributed by atoms with Crippen LogP contribution in [0, 0.1) is 0 Å². The van der Waals surface area contributed by atoms with Crippen molar-refractivity contribution in [3.8, 4) is 0 Å². The highest BCUT2D eigenvalue weighted by molar-refractivity contribution is 8.93. The molecule has 74 valence electrons. The van der Waals surface area contributed by atoms with Crippen LogP contribution >= 0.6 is 28.3 Å². The van der Waals surface area contributed by atoms with E-state index in [9.17, 15) is 0 Å². The Bertz CT molecular complexity index is 287. The molecule has 3 N–H and O–H groups in total. The summed E-state index contributed by atoms with van der Waals surface area (Å²) in [4.78, 5) is 5.83. The zero-order valence-corrected chi connectivity index (χ0v) is 10.1. The first-order valence-corrected chi connectivity index (χ1v) is 5.03. The molecule has 0 spiro atoms. The summed E-state index contributed by atoms with van der Waals surface area (Å²) in [6.07, 6.45) is 3.14. The van der Waals surface area contributed by atoms with Gasteiger partial charge in [-0.2, -0.15) is 0 Å². The van der Waals surface area contributed by atoms with Crippen molar-refractivity contribution in [2.45, 2.75) is 25.3 Å². The molecule has 1 aromatic rings. The average molecular weight is 264 g/mol. The number of rotatable bonds is 1. The molecule has 0 bridgehead atoms. The van der Waals surface area contributed by atoms with E-state index in [0.29, 0.717) is 6.04 Å². The monoisotopic (exact) mass is 263 g/mol. The van der Waals surface area contributed by atoms with E-state index in [2.05, 4.69) is 10.3 Å². The molecule has 1 aliphatic carbocycles. The Hall–Kier alpha value is -0.130. The van der Waals surface area contributed by atoms with E-state index < -0.39 is 0 Å². The lowest BCUT2D eigenvalue weighted by atomic mass is 9.99. The van der Waals surface area contributed by atoms with Crippen LogP contribution in [-0.2, 0) is 12.8 Å². The van der Waals surface area contributed by atoms with Gasteiger partial charge in [0.05, 0.1) is 5.69 Å². The van der Waals surface area contributed by atoms with E-state index in [-0.39, 0.29) is 17.0 Å². The molecular formula is C8H14BrN3S. The highest BCUT2D eigenvalue weighted by atomic mass is 79.9. The lowest BCUT2D eigenvalue weighted by molar-refractivity contribution is 0.576. The van der Waals surface area contributed by atoms with Crippen molar-refractivity contribution in [3.05, 3.63) is 10.6 Å². The number of nitrogens with two attached hydrogens (primary N) is 1. The van der Waals surface area contributed by atoms with Gasteiger partial charge in [-0.05, 0) is 19.3 Å². The molecule has 1 atom stereocenters. The second-order valence-corrected chi connectivity index (χ2v) is 4.23. The zero-order valence-electron chi connectivity index (χ0n) is 7.54.